The van der Waals surface area contributed by atoms with E-state index in [4.69, 9.17) is 11.6 Å². The van der Waals surface area contributed by atoms with Crippen molar-refractivity contribution < 1.29 is 4.79 Å². The van der Waals surface area contributed by atoms with Crippen LogP contribution < -0.4 is 10.2 Å². The van der Waals surface area contributed by atoms with Gasteiger partial charge in [0.15, 0.2) is 5.65 Å². The number of carbonyl (C=O) groups excluding carboxylic acids is 1. The first-order valence-electron chi connectivity index (χ1n) is 10.1. The Labute approximate surface area is 175 Å². The lowest BCUT2D eigenvalue weighted by Crippen LogP contribution is -2.30. The maximum Gasteiger partial charge on any atom is 0.257 e. The number of nitrogens with zero attached hydrogens (tertiary/aromatic N) is 4. The Morgan fingerprint density at radius 2 is 1.93 bits per heavy atom. The lowest BCUT2D eigenvalue weighted by atomic mass is 10.1. The quantitative estimate of drug-likeness (QED) is 0.639. The van der Waals surface area contributed by atoms with Crippen LogP contribution in [0.25, 0.3) is 11.0 Å². The molecule has 0 bridgehead atoms. The molecular formula is C22H26ClN5O. The Morgan fingerprint density at radius 3 is 2.66 bits per heavy atom. The lowest BCUT2D eigenvalue weighted by Gasteiger charge is -2.30. The number of hydrogen-bond donors (Lipinski definition) is 1. The van der Waals surface area contributed by atoms with Crippen LogP contribution in [0.15, 0.2) is 30.5 Å². The molecule has 0 radical (unpaired) electrons. The highest BCUT2D eigenvalue weighted by molar-refractivity contribution is 6.31. The van der Waals surface area contributed by atoms with Crippen LogP contribution in [0.5, 0.6) is 0 Å². The predicted molar refractivity (Wildman–Crippen MR) is 118 cm³/mol. The van der Waals surface area contributed by atoms with E-state index in [9.17, 15) is 4.79 Å². The number of pyridine rings is 1. The third-order valence-electron chi connectivity index (χ3n) is 5.40. The molecule has 4 rings (SSSR count). The van der Waals surface area contributed by atoms with Gasteiger partial charge < -0.3 is 10.2 Å². The van der Waals surface area contributed by atoms with Crippen LogP contribution in [-0.4, -0.2) is 33.8 Å². The second-order valence-electron chi connectivity index (χ2n) is 7.88. The number of aryl methyl sites for hydroxylation is 1. The van der Waals surface area contributed by atoms with Crippen LogP contribution in [0.1, 0.15) is 55.2 Å². The molecule has 0 aliphatic carbocycles. The minimum Gasteiger partial charge on any atom is -0.370 e. The highest BCUT2D eigenvalue weighted by atomic mass is 35.5. The summed E-state index contributed by atoms with van der Waals surface area (Å²) in [6.07, 6.45) is 5.34. The first-order valence-corrected chi connectivity index (χ1v) is 10.5. The van der Waals surface area contributed by atoms with E-state index in [2.05, 4.69) is 34.1 Å². The van der Waals surface area contributed by atoms with E-state index in [1.165, 1.54) is 6.42 Å². The van der Waals surface area contributed by atoms with Gasteiger partial charge in [0.25, 0.3) is 5.91 Å². The molecule has 3 aromatic rings. The minimum atomic E-state index is -0.185. The summed E-state index contributed by atoms with van der Waals surface area (Å²) in [5, 5.41) is 8.93. The van der Waals surface area contributed by atoms with E-state index in [1.54, 1.807) is 6.20 Å². The number of piperidine rings is 1. The third kappa shape index (κ3) is 3.94. The summed E-state index contributed by atoms with van der Waals surface area (Å²) < 4.78 is 1.87. The van der Waals surface area contributed by atoms with Crippen molar-refractivity contribution in [2.75, 3.05) is 23.3 Å². The first kappa shape index (κ1) is 19.7. The van der Waals surface area contributed by atoms with Crippen molar-refractivity contribution in [3.05, 3.63) is 46.7 Å². The zero-order valence-corrected chi connectivity index (χ0v) is 17.8. The highest BCUT2D eigenvalue weighted by Crippen LogP contribution is 2.32. The van der Waals surface area contributed by atoms with Gasteiger partial charge in [0.1, 0.15) is 0 Å². The Bertz CT molecular complexity index is 1050. The number of hydrogen-bond acceptors (Lipinski definition) is 4. The van der Waals surface area contributed by atoms with Gasteiger partial charge in [-0.25, -0.2) is 9.67 Å². The molecule has 152 valence electrons. The maximum absolute atomic E-state index is 13.1. The lowest BCUT2D eigenvalue weighted by molar-refractivity contribution is 0.102. The summed E-state index contributed by atoms with van der Waals surface area (Å²) in [6, 6.07) is 7.76. The van der Waals surface area contributed by atoms with Crippen molar-refractivity contribution in [1.82, 2.24) is 14.8 Å². The topological polar surface area (TPSA) is 63.1 Å². The van der Waals surface area contributed by atoms with Gasteiger partial charge in [0, 0.05) is 29.5 Å². The number of benzene rings is 1. The van der Waals surface area contributed by atoms with Gasteiger partial charge >= 0.3 is 0 Å². The van der Waals surface area contributed by atoms with Crippen LogP contribution in [-0.2, 0) is 0 Å². The molecule has 2 aromatic heterocycles. The largest absolute Gasteiger partial charge is 0.370 e. The monoisotopic (exact) mass is 411 g/mol. The number of fused-ring (bicyclic) bond motifs is 1. The molecule has 7 heteroatoms. The van der Waals surface area contributed by atoms with Gasteiger partial charge in [-0.3, -0.25) is 4.79 Å². The van der Waals surface area contributed by atoms with Crippen molar-refractivity contribution in [2.24, 2.45) is 0 Å². The molecule has 1 amide bonds. The van der Waals surface area contributed by atoms with Gasteiger partial charge in [-0.05, 0) is 64.3 Å². The highest BCUT2D eigenvalue weighted by Gasteiger charge is 2.19. The maximum atomic E-state index is 13.1. The van der Waals surface area contributed by atoms with Gasteiger partial charge in [0.05, 0.1) is 28.8 Å². The zero-order chi connectivity index (χ0) is 20.5. The fraction of sp³-hybridized carbons (Fsp3) is 0.409. The standard InChI is InChI=1S/C22H26ClN5O/c1-14(2)28-21-16(13-24-28)11-18(15(3)25-21)22(29)26-19-12-17(23)7-8-20(19)27-9-5-4-6-10-27/h7-8,11-14H,4-6,9-10H2,1-3H3,(H,26,29). The number of carbonyl (C=O) groups is 1. The fourth-order valence-corrected chi connectivity index (χ4v) is 4.05. The second kappa shape index (κ2) is 8.03. The summed E-state index contributed by atoms with van der Waals surface area (Å²) in [6.45, 7) is 7.96. The van der Waals surface area contributed by atoms with Crippen LogP contribution >= 0.6 is 11.6 Å². The zero-order valence-electron chi connectivity index (χ0n) is 17.1. The van der Waals surface area contributed by atoms with Crippen LogP contribution in [0.2, 0.25) is 5.02 Å². The Kier molecular flexibility index (Phi) is 5.46. The summed E-state index contributed by atoms with van der Waals surface area (Å²) in [5.41, 5.74) is 3.78. The first-order chi connectivity index (χ1) is 13.9. The normalized spacial score (nSPS) is 14.6. The van der Waals surface area contributed by atoms with Crippen LogP contribution in [0.4, 0.5) is 11.4 Å². The summed E-state index contributed by atoms with van der Waals surface area (Å²) in [4.78, 5) is 20.1. The van der Waals surface area contributed by atoms with E-state index < -0.39 is 0 Å². The van der Waals surface area contributed by atoms with E-state index >= 15 is 0 Å². The molecule has 1 aromatic carbocycles. The number of anilines is 2. The van der Waals surface area contributed by atoms with E-state index in [-0.39, 0.29) is 11.9 Å². The Hall–Kier alpha value is -2.60. The summed E-state index contributed by atoms with van der Waals surface area (Å²) >= 11 is 6.23. The summed E-state index contributed by atoms with van der Waals surface area (Å²) in [5.74, 6) is -0.185. The number of halogens is 1. The molecule has 0 atom stereocenters. The van der Waals surface area contributed by atoms with Gasteiger partial charge in [-0.15, -0.1) is 0 Å². The Morgan fingerprint density at radius 1 is 1.17 bits per heavy atom. The minimum absolute atomic E-state index is 0.185. The molecule has 3 heterocycles. The van der Waals surface area contributed by atoms with Crippen molar-refractivity contribution in [2.45, 2.75) is 46.1 Å². The molecule has 0 spiro atoms. The van der Waals surface area contributed by atoms with Crippen LogP contribution in [0, 0.1) is 6.92 Å². The van der Waals surface area contributed by atoms with Gasteiger partial charge in [-0.2, -0.15) is 5.10 Å². The summed E-state index contributed by atoms with van der Waals surface area (Å²) in [7, 11) is 0. The SMILES string of the molecule is Cc1nc2c(cnn2C(C)C)cc1C(=O)Nc1cc(Cl)ccc1N1CCCCC1. The number of nitrogens with one attached hydrogen (secondary N) is 1. The molecule has 6 nitrogen and oxygen atoms in total. The molecule has 29 heavy (non-hydrogen) atoms. The molecule has 1 aliphatic rings. The molecular weight excluding hydrogens is 386 g/mol. The van der Waals surface area contributed by atoms with E-state index in [0.29, 0.717) is 16.3 Å². The van der Waals surface area contributed by atoms with Crippen molar-refractivity contribution in [3.8, 4) is 0 Å². The average Bonchev–Trinajstić information content (AvgIpc) is 3.11. The van der Waals surface area contributed by atoms with E-state index in [1.807, 2.05) is 35.9 Å². The smallest absolute Gasteiger partial charge is 0.257 e. The van der Waals surface area contributed by atoms with Crippen molar-refractivity contribution in [1.29, 1.82) is 0 Å². The molecule has 1 saturated heterocycles. The molecule has 1 aliphatic heterocycles. The average molecular weight is 412 g/mol. The predicted octanol–water partition coefficient (Wildman–Crippen LogP) is 5.22. The molecule has 1 fully saturated rings. The second-order valence-corrected chi connectivity index (χ2v) is 8.32. The van der Waals surface area contributed by atoms with Gasteiger partial charge in [0.2, 0.25) is 0 Å². The molecule has 1 N–H and O–H groups in total. The van der Waals surface area contributed by atoms with Crippen molar-refractivity contribution >= 4 is 39.9 Å². The number of rotatable bonds is 4. The van der Waals surface area contributed by atoms with E-state index in [0.717, 1.165) is 48.3 Å². The number of aromatic nitrogens is 3. The Balaban J connectivity index is 1.66. The number of amides is 1. The molecule has 0 saturated carbocycles. The van der Waals surface area contributed by atoms with Gasteiger partial charge in [-0.1, -0.05) is 11.6 Å². The third-order valence-corrected chi connectivity index (χ3v) is 5.63. The molecule has 0 unspecified atom stereocenters. The van der Waals surface area contributed by atoms with Crippen molar-refractivity contribution in [3.63, 3.8) is 0 Å². The van der Waals surface area contributed by atoms with Crippen LogP contribution in [0.3, 0.4) is 0 Å². The fourth-order valence-electron chi connectivity index (χ4n) is 3.88.